The van der Waals surface area contributed by atoms with E-state index in [1.54, 1.807) is 4.57 Å². The summed E-state index contributed by atoms with van der Waals surface area (Å²) >= 11 is 1.26. The first-order valence-electron chi connectivity index (χ1n) is 11.0. The zero-order valence-electron chi connectivity index (χ0n) is 17.9. The van der Waals surface area contributed by atoms with Crippen LogP contribution in [0.3, 0.4) is 0 Å². The van der Waals surface area contributed by atoms with Crippen LogP contribution in [0.4, 0.5) is 0 Å². The second-order valence-corrected chi connectivity index (χ2v) is 8.80. The zero-order valence-corrected chi connectivity index (χ0v) is 18.7. The number of ether oxygens (including phenoxy) is 1. The molecule has 1 aromatic heterocycles. The lowest BCUT2D eigenvalue weighted by atomic mass is 9.88. The zero-order chi connectivity index (χ0) is 22.2. The third kappa shape index (κ3) is 5.89. The maximum Gasteiger partial charge on any atom is 0.344 e. The highest BCUT2D eigenvalue weighted by Crippen LogP contribution is 2.27. The highest BCUT2D eigenvalue weighted by molar-refractivity contribution is 7.99. The summed E-state index contributed by atoms with van der Waals surface area (Å²) in [5.74, 6) is 0.347. The third-order valence-corrected chi connectivity index (χ3v) is 6.60. The molecule has 2 heterocycles. The minimum atomic E-state index is -0.267. The lowest BCUT2D eigenvalue weighted by molar-refractivity contribution is -0.118. The second-order valence-electron chi connectivity index (χ2n) is 7.86. The number of hydrogen-bond acceptors (Lipinski definition) is 5. The summed E-state index contributed by atoms with van der Waals surface area (Å²) in [4.78, 5) is 24.5. The number of carbonyl (C=O) groups is 1. The average Bonchev–Trinajstić information content (AvgIpc) is 3.47. The van der Waals surface area contributed by atoms with Gasteiger partial charge in [0.15, 0.2) is 5.16 Å². The topological polar surface area (TPSA) is 89.0 Å². The molecule has 32 heavy (non-hydrogen) atoms. The number of aromatic amines is 1. The highest BCUT2D eigenvalue weighted by Gasteiger charge is 2.20. The number of H-pyrrole nitrogens is 1. The molecule has 1 amide bonds. The Bertz CT molecular complexity index is 1010. The molecule has 1 atom stereocenters. The lowest BCUT2D eigenvalue weighted by Crippen LogP contribution is -2.28. The number of nitrogens with one attached hydrogen (secondary N) is 2. The average molecular weight is 453 g/mol. The van der Waals surface area contributed by atoms with Crippen LogP contribution in [0.25, 0.3) is 0 Å². The Morgan fingerprint density at radius 2 is 1.84 bits per heavy atom. The van der Waals surface area contributed by atoms with Crippen molar-refractivity contribution >= 4 is 17.7 Å². The molecule has 0 aliphatic carbocycles. The SMILES string of the molecule is O=C(CSc1n[nH]c(=O)n1CC1CCCO1)NCCC(c1ccccc1)c1ccccc1. The van der Waals surface area contributed by atoms with Gasteiger partial charge in [0.05, 0.1) is 18.4 Å². The van der Waals surface area contributed by atoms with E-state index in [1.807, 2.05) is 36.4 Å². The summed E-state index contributed by atoms with van der Waals surface area (Å²) in [6.45, 7) is 1.77. The first kappa shape index (κ1) is 22.4. The van der Waals surface area contributed by atoms with E-state index in [0.717, 1.165) is 25.9 Å². The third-order valence-electron chi connectivity index (χ3n) is 5.62. The number of nitrogens with zero attached hydrogens (tertiary/aromatic N) is 2. The number of amides is 1. The van der Waals surface area contributed by atoms with Gasteiger partial charge < -0.3 is 10.1 Å². The fourth-order valence-electron chi connectivity index (χ4n) is 4.00. The summed E-state index contributed by atoms with van der Waals surface area (Å²) in [5.41, 5.74) is 2.20. The maximum atomic E-state index is 12.5. The predicted molar refractivity (Wildman–Crippen MR) is 125 cm³/mol. The molecule has 8 heteroatoms. The fourth-order valence-corrected chi connectivity index (χ4v) is 4.79. The van der Waals surface area contributed by atoms with Gasteiger partial charge >= 0.3 is 5.69 Å². The summed E-state index contributed by atoms with van der Waals surface area (Å²) in [7, 11) is 0. The van der Waals surface area contributed by atoms with Crippen molar-refractivity contribution in [3.8, 4) is 0 Å². The van der Waals surface area contributed by atoms with Gasteiger partial charge in [-0.15, -0.1) is 5.10 Å². The molecule has 3 aromatic rings. The summed E-state index contributed by atoms with van der Waals surface area (Å²) in [5, 5.41) is 10.1. The van der Waals surface area contributed by atoms with Gasteiger partial charge in [0, 0.05) is 19.1 Å². The monoisotopic (exact) mass is 452 g/mol. The Kier molecular flexibility index (Phi) is 7.79. The van der Waals surface area contributed by atoms with Gasteiger partial charge in [0.25, 0.3) is 0 Å². The minimum Gasteiger partial charge on any atom is -0.376 e. The van der Waals surface area contributed by atoms with E-state index in [9.17, 15) is 9.59 Å². The van der Waals surface area contributed by atoms with Crippen LogP contribution >= 0.6 is 11.8 Å². The Morgan fingerprint density at radius 3 is 2.47 bits per heavy atom. The molecule has 0 bridgehead atoms. The summed E-state index contributed by atoms with van der Waals surface area (Å²) < 4.78 is 7.18. The van der Waals surface area contributed by atoms with Gasteiger partial charge in [-0.05, 0) is 30.4 Å². The second kappa shape index (κ2) is 11.2. The molecule has 1 aliphatic rings. The first-order valence-corrected chi connectivity index (χ1v) is 12.0. The number of hydrogen-bond donors (Lipinski definition) is 2. The molecule has 1 unspecified atom stereocenters. The van der Waals surface area contributed by atoms with Gasteiger partial charge in [0.2, 0.25) is 5.91 Å². The molecule has 7 nitrogen and oxygen atoms in total. The van der Waals surface area contributed by atoms with Crippen molar-refractivity contribution in [2.24, 2.45) is 0 Å². The predicted octanol–water partition coefficient (Wildman–Crippen LogP) is 3.18. The van der Waals surface area contributed by atoms with Crippen molar-refractivity contribution in [3.63, 3.8) is 0 Å². The molecule has 1 saturated heterocycles. The summed E-state index contributed by atoms with van der Waals surface area (Å²) in [6, 6.07) is 20.7. The van der Waals surface area contributed by atoms with E-state index in [-0.39, 0.29) is 29.4 Å². The van der Waals surface area contributed by atoms with Crippen LogP contribution in [-0.2, 0) is 16.1 Å². The van der Waals surface area contributed by atoms with Crippen molar-refractivity contribution < 1.29 is 9.53 Å². The standard InChI is InChI=1S/C24H28N4O3S/c29-22(17-32-24-27-26-23(30)28(24)16-20-12-7-15-31-20)25-14-13-21(18-8-3-1-4-9-18)19-10-5-2-6-11-19/h1-6,8-11,20-21H,7,12-17H2,(H,25,29)(H,26,30). The molecule has 2 aromatic carbocycles. The molecule has 1 fully saturated rings. The number of benzene rings is 2. The van der Waals surface area contributed by atoms with Gasteiger partial charge in [-0.3, -0.25) is 9.36 Å². The Hall–Kier alpha value is -2.84. The van der Waals surface area contributed by atoms with Gasteiger partial charge in [0.1, 0.15) is 0 Å². The quantitative estimate of drug-likeness (QED) is 0.461. The van der Waals surface area contributed by atoms with Crippen LogP contribution in [0, 0.1) is 0 Å². The Morgan fingerprint density at radius 1 is 1.16 bits per heavy atom. The molecular weight excluding hydrogens is 424 g/mol. The smallest absolute Gasteiger partial charge is 0.344 e. The van der Waals surface area contributed by atoms with Crippen molar-refractivity contribution in [2.75, 3.05) is 18.9 Å². The minimum absolute atomic E-state index is 0.0337. The van der Waals surface area contributed by atoms with Crippen molar-refractivity contribution in [2.45, 2.75) is 43.0 Å². The van der Waals surface area contributed by atoms with Crippen LogP contribution in [0.2, 0.25) is 0 Å². The van der Waals surface area contributed by atoms with E-state index >= 15 is 0 Å². The Labute approximate surface area is 191 Å². The molecule has 0 saturated carbocycles. The van der Waals surface area contributed by atoms with E-state index in [4.69, 9.17) is 4.74 Å². The van der Waals surface area contributed by atoms with Gasteiger partial charge in [-0.1, -0.05) is 72.4 Å². The van der Waals surface area contributed by atoms with Crippen molar-refractivity contribution in [1.29, 1.82) is 0 Å². The Balaban J connectivity index is 1.30. The van der Waals surface area contributed by atoms with Crippen LogP contribution in [0.15, 0.2) is 70.6 Å². The molecule has 0 spiro atoms. The summed E-state index contributed by atoms with van der Waals surface area (Å²) in [6.07, 6.45) is 2.78. The molecule has 1 aliphatic heterocycles. The molecule has 168 valence electrons. The van der Waals surface area contributed by atoms with Crippen molar-refractivity contribution in [3.05, 3.63) is 82.3 Å². The van der Waals surface area contributed by atoms with E-state index in [0.29, 0.717) is 18.2 Å². The van der Waals surface area contributed by atoms with Gasteiger partial charge in [-0.2, -0.15) is 0 Å². The van der Waals surface area contributed by atoms with E-state index in [1.165, 1.54) is 22.9 Å². The number of rotatable bonds is 10. The fraction of sp³-hybridized carbons (Fsp3) is 0.375. The number of thioether (sulfide) groups is 1. The number of aromatic nitrogens is 3. The highest BCUT2D eigenvalue weighted by atomic mass is 32.2. The molecule has 0 radical (unpaired) electrons. The van der Waals surface area contributed by atoms with Crippen molar-refractivity contribution in [1.82, 2.24) is 20.1 Å². The van der Waals surface area contributed by atoms with E-state index in [2.05, 4.69) is 39.8 Å². The molecular formula is C24H28N4O3S. The van der Waals surface area contributed by atoms with Crippen LogP contribution in [0.5, 0.6) is 0 Å². The van der Waals surface area contributed by atoms with Crippen LogP contribution < -0.4 is 11.0 Å². The van der Waals surface area contributed by atoms with Gasteiger partial charge in [-0.25, -0.2) is 9.89 Å². The molecule has 4 rings (SSSR count). The number of carbonyl (C=O) groups excluding carboxylic acids is 1. The lowest BCUT2D eigenvalue weighted by Gasteiger charge is -2.18. The first-order chi connectivity index (χ1) is 15.7. The van der Waals surface area contributed by atoms with Crippen LogP contribution in [0.1, 0.15) is 36.3 Å². The largest absolute Gasteiger partial charge is 0.376 e. The van der Waals surface area contributed by atoms with E-state index < -0.39 is 0 Å². The normalized spacial score (nSPS) is 15.8. The maximum absolute atomic E-state index is 12.5. The molecule has 2 N–H and O–H groups in total. The van der Waals surface area contributed by atoms with Crippen LogP contribution in [-0.4, -0.2) is 45.7 Å².